The molecular formula is C14H19BrFN. The van der Waals surface area contributed by atoms with Gasteiger partial charge in [0.25, 0.3) is 0 Å². The molecule has 1 saturated carbocycles. The molecule has 1 unspecified atom stereocenters. The number of hydrogen-bond acceptors (Lipinski definition) is 1. The van der Waals surface area contributed by atoms with E-state index in [1.165, 1.54) is 31.7 Å². The normalized spacial score (nSPS) is 18.5. The topological polar surface area (TPSA) is 12.0 Å². The van der Waals surface area contributed by atoms with Crippen molar-refractivity contribution in [2.75, 3.05) is 0 Å². The Balaban J connectivity index is 1.90. The molecule has 1 atom stereocenters. The first-order chi connectivity index (χ1) is 8.18. The van der Waals surface area contributed by atoms with E-state index in [-0.39, 0.29) is 5.82 Å². The minimum absolute atomic E-state index is 0.183. The molecule has 0 bridgehead atoms. The zero-order valence-corrected chi connectivity index (χ0v) is 11.8. The van der Waals surface area contributed by atoms with Gasteiger partial charge in [-0.05, 0) is 53.2 Å². The lowest BCUT2D eigenvalue weighted by Crippen LogP contribution is -2.31. The summed E-state index contributed by atoms with van der Waals surface area (Å²) in [5, 5.41) is 3.51. The average molecular weight is 300 g/mol. The maximum atomic E-state index is 13.3. The summed E-state index contributed by atoms with van der Waals surface area (Å²) >= 11 is 3.30. The van der Waals surface area contributed by atoms with Gasteiger partial charge >= 0.3 is 0 Å². The molecule has 1 nitrogen and oxygen atoms in total. The van der Waals surface area contributed by atoms with Crippen molar-refractivity contribution in [1.82, 2.24) is 5.32 Å². The van der Waals surface area contributed by atoms with Crippen molar-refractivity contribution in [3.8, 4) is 0 Å². The summed E-state index contributed by atoms with van der Waals surface area (Å²) < 4.78 is 13.9. The van der Waals surface area contributed by atoms with E-state index < -0.39 is 0 Å². The molecule has 0 aliphatic heterocycles. The van der Waals surface area contributed by atoms with Crippen molar-refractivity contribution < 1.29 is 4.39 Å². The number of halogens is 2. The molecule has 2 rings (SSSR count). The van der Waals surface area contributed by atoms with Crippen LogP contribution in [0.2, 0.25) is 0 Å². The highest BCUT2D eigenvalue weighted by Crippen LogP contribution is 2.28. The standard InChI is InChI=1S/C14H19BrFN/c1-10(11-5-2-3-6-11)17-9-12-7-4-8-13(16)14(12)15/h4,7-8,10-11,17H,2-3,5-6,9H2,1H3. The van der Waals surface area contributed by atoms with Crippen LogP contribution in [0, 0.1) is 11.7 Å². The highest BCUT2D eigenvalue weighted by Gasteiger charge is 2.21. The van der Waals surface area contributed by atoms with Gasteiger partial charge in [-0.15, -0.1) is 0 Å². The van der Waals surface area contributed by atoms with Crippen LogP contribution >= 0.6 is 15.9 Å². The highest BCUT2D eigenvalue weighted by atomic mass is 79.9. The molecule has 94 valence electrons. The van der Waals surface area contributed by atoms with Gasteiger partial charge in [-0.1, -0.05) is 25.0 Å². The first kappa shape index (κ1) is 13.0. The summed E-state index contributed by atoms with van der Waals surface area (Å²) in [7, 11) is 0. The van der Waals surface area contributed by atoms with Crippen LogP contribution in [0.25, 0.3) is 0 Å². The first-order valence-corrected chi connectivity index (χ1v) is 7.14. The van der Waals surface area contributed by atoms with Gasteiger partial charge in [-0.25, -0.2) is 4.39 Å². The summed E-state index contributed by atoms with van der Waals surface area (Å²) in [6.45, 7) is 2.97. The molecule has 1 aromatic carbocycles. The van der Waals surface area contributed by atoms with Crippen LogP contribution < -0.4 is 5.32 Å². The molecule has 1 aromatic rings. The first-order valence-electron chi connectivity index (χ1n) is 6.34. The molecular weight excluding hydrogens is 281 g/mol. The molecule has 0 aromatic heterocycles. The SMILES string of the molecule is CC(NCc1cccc(F)c1Br)C1CCCC1. The van der Waals surface area contributed by atoms with E-state index in [2.05, 4.69) is 28.2 Å². The van der Waals surface area contributed by atoms with Crippen molar-refractivity contribution in [2.24, 2.45) is 5.92 Å². The van der Waals surface area contributed by atoms with Crippen molar-refractivity contribution in [1.29, 1.82) is 0 Å². The van der Waals surface area contributed by atoms with E-state index in [1.54, 1.807) is 6.07 Å². The van der Waals surface area contributed by atoms with Gasteiger partial charge in [-0.2, -0.15) is 0 Å². The molecule has 1 N–H and O–H groups in total. The van der Waals surface area contributed by atoms with E-state index in [0.29, 0.717) is 10.5 Å². The van der Waals surface area contributed by atoms with Crippen LogP contribution in [0.5, 0.6) is 0 Å². The molecule has 3 heteroatoms. The molecule has 1 aliphatic rings. The lowest BCUT2D eigenvalue weighted by atomic mass is 9.99. The Labute approximate surface area is 111 Å². The van der Waals surface area contributed by atoms with Gasteiger partial charge in [0.05, 0.1) is 4.47 Å². The summed E-state index contributed by atoms with van der Waals surface area (Å²) in [6, 6.07) is 5.72. The summed E-state index contributed by atoms with van der Waals surface area (Å²) in [5.74, 6) is 0.611. The van der Waals surface area contributed by atoms with Gasteiger partial charge in [0.1, 0.15) is 5.82 Å². The van der Waals surface area contributed by atoms with Crippen LogP contribution in [0.1, 0.15) is 38.2 Å². The maximum Gasteiger partial charge on any atom is 0.137 e. The monoisotopic (exact) mass is 299 g/mol. The van der Waals surface area contributed by atoms with E-state index in [9.17, 15) is 4.39 Å². The Kier molecular flexibility index (Phi) is 4.57. The van der Waals surface area contributed by atoms with Gasteiger partial charge < -0.3 is 5.32 Å². The Morgan fingerprint density at radius 1 is 1.41 bits per heavy atom. The minimum Gasteiger partial charge on any atom is -0.310 e. The summed E-state index contributed by atoms with van der Waals surface area (Å²) in [4.78, 5) is 0. The van der Waals surface area contributed by atoms with Gasteiger partial charge in [-0.3, -0.25) is 0 Å². The third-order valence-electron chi connectivity index (χ3n) is 3.75. The lowest BCUT2D eigenvalue weighted by molar-refractivity contribution is 0.380. The van der Waals surface area contributed by atoms with Crippen LogP contribution in [0.3, 0.4) is 0 Å². The Morgan fingerprint density at radius 3 is 2.82 bits per heavy atom. The van der Waals surface area contributed by atoms with E-state index >= 15 is 0 Å². The second-order valence-electron chi connectivity index (χ2n) is 4.93. The zero-order chi connectivity index (χ0) is 12.3. The van der Waals surface area contributed by atoms with Crippen LogP contribution in [0.15, 0.2) is 22.7 Å². The van der Waals surface area contributed by atoms with E-state index in [0.717, 1.165) is 18.0 Å². The number of rotatable bonds is 4. The second-order valence-corrected chi connectivity index (χ2v) is 5.72. The number of nitrogens with one attached hydrogen (secondary N) is 1. The van der Waals surface area contributed by atoms with Crippen molar-refractivity contribution in [3.05, 3.63) is 34.1 Å². The molecule has 0 spiro atoms. The molecule has 1 aliphatic carbocycles. The number of benzene rings is 1. The lowest BCUT2D eigenvalue weighted by Gasteiger charge is -2.20. The molecule has 1 fully saturated rings. The fraction of sp³-hybridized carbons (Fsp3) is 0.571. The Hall–Kier alpha value is -0.410. The largest absolute Gasteiger partial charge is 0.310 e. The van der Waals surface area contributed by atoms with Crippen molar-refractivity contribution >= 4 is 15.9 Å². The predicted octanol–water partition coefficient (Wildman–Crippen LogP) is 4.26. The fourth-order valence-electron chi connectivity index (χ4n) is 2.58. The van der Waals surface area contributed by atoms with Gasteiger partial charge in [0, 0.05) is 12.6 Å². The molecule has 0 radical (unpaired) electrons. The Bertz CT molecular complexity index is 374. The number of hydrogen-bond donors (Lipinski definition) is 1. The summed E-state index contributed by atoms with van der Waals surface area (Å²) in [5.41, 5.74) is 0.995. The van der Waals surface area contributed by atoms with Gasteiger partial charge in [0.15, 0.2) is 0 Å². The minimum atomic E-state index is -0.183. The van der Waals surface area contributed by atoms with Crippen molar-refractivity contribution in [3.63, 3.8) is 0 Å². The third-order valence-corrected chi connectivity index (χ3v) is 4.64. The smallest absolute Gasteiger partial charge is 0.137 e. The molecule has 0 heterocycles. The zero-order valence-electron chi connectivity index (χ0n) is 10.2. The molecule has 17 heavy (non-hydrogen) atoms. The fourth-order valence-corrected chi connectivity index (χ4v) is 2.98. The second kappa shape index (κ2) is 5.96. The molecule has 0 amide bonds. The van der Waals surface area contributed by atoms with Crippen LogP contribution in [-0.2, 0) is 6.54 Å². The third kappa shape index (κ3) is 3.29. The quantitative estimate of drug-likeness (QED) is 0.876. The highest BCUT2D eigenvalue weighted by molar-refractivity contribution is 9.10. The van der Waals surface area contributed by atoms with Gasteiger partial charge in [0.2, 0.25) is 0 Å². The average Bonchev–Trinajstić information content (AvgIpc) is 2.84. The van der Waals surface area contributed by atoms with Crippen LogP contribution in [0.4, 0.5) is 4.39 Å². The van der Waals surface area contributed by atoms with Crippen molar-refractivity contribution in [2.45, 2.75) is 45.2 Å². The maximum absolute atomic E-state index is 13.3. The molecule has 0 saturated heterocycles. The summed E-state index contributed by atoms with van der Waals surface area (Å²) in [6.07, 6.45) is 5.39. The Morgan fingerprint density at radius 2 is 2.12 bits per heavy atom. The van der Waals surface area contributed by atoms with E-state index in [1.807, 2.05) is 6.07 Å². The predicted molar refractivity (Wildman–Crippen MR) is 72.4 cm³/mol. The van der Waals surface area contributed by atoms with Crippen LogP contribution in [-0.4, -0.2) is 6.04 Å². The van der Waals surface area contributed by atoms with E-state index in [4.69, 9.17) is 0 Å².